The number of aromatic nitrogens is 2. The zero-order valence-corrected chi connectivity index (χ0v) is 18.5. The molecule has 7 heteroatoms. The topological polar surface area (TPSA) is 32.3 Å². The lowest BCUT2D eigenvalue weighted by Gasteiger charge is -2.34. The van der Waals surface area contributed by atoms with Crippen molar-refractivity contribution in [2.45, 2.75) is 6.92 Å². The summed E-state index contributed by atoms with van der Waals surface area (Å²) in [6.07, 6.45) is 1.87. The number of benzene rings is 2. The standard InChI is InChI=1S/C22H22Cl2N4S/c1-2-29-28-13-11-27(12-14-28)20-15-25-21(16-7-9-17(23)10-8-16)22(26-20)18-5-3-4-6-19(18)24/h3-10,15H,2,11-14H2,1H3. The predicted octanol–water partition coefficient (Wildman–Crippen LogP) is 5.91. The first-order valence-electron chi connectivity index (χ1n) is 9.66. The number of piperazine rings is 1. The van der Waals surface area contributed by atoms with Crippen molar-refractivity contribution in [3.8, 4) is 22.5 Å². The first-order valence-corrected chi connectivity index (χ1v) is 11.4. The van der Waals surface area contributed by atoms with Gasteiger partial charge in [0.2, 0.25) is 0 Å². The van der Waals surface area contributed by atoms with E-state index in [1.165, 1.54) is 0 Å². The summed E-state index contributed by atoms with van der Waals surface area (Å²) in [5, 5.41) is 1.36. The van der Waals surface area contributed by atoms with Crippen molar-refractivity contribution in [2.24, 2.45) is 0 Å². The number of nitrogens with zero attached hydrogens (tertiary/aromatic N) is 4. The fourth-order valence-electron chi connectivity index (χ4n) is 3.42. The van der Waals surface area contributed by atoms with Gasteiger partial charge in [0, 0.05) is 48.1 Å². The fourth-order valence-corrected chi connectivity index (χ4v) is 4.56. The summed E-state index contributed by atoms with van der Waals surface area (Å²) in [5.74, 6) is 1.99. The van der Waals surface area contributed by atoms with E-state index in [0.717, 1.165) is 60.3 Å². The van der Waals surface area contributed by atoms with Gasteiger partial charge in [-0.3, -0.25) is 4.98 Å². The Morgan fingerprint density at radius 3 is 2.34 bits per heavy atom. The third-order valence-electron chi connectivity index (χ3n) is 4.88. The largest absolute Gasteiger partial charge is 0.353 e. The highest BCUT2D eigenvalue weighted by Crippen LogP contribution is 2.35. The monoisotopic (exact) mass is 444 g/mol. The van der Waals surface area contributed by atoms with Gasteiger partial charge in [-0.15, -0.1) is 0 Å². The molecule has 0 unspecified atom stereocenters. The Hall–Kier alpha value is -1.79. The molecule has 0 aliphatic carbocycles. The Labute approximate surface area is 186 Å². The van der Waals surface area contributed by atoms with Crippen molar-refractivity contribution >= 4 is 41.0 Å². The van der Waals surface area contributed by atoms with Crippen LogP contribution in [0, 0.1) is 0 Å². The lowest BCUT2D eigenvalue weighted by Crippen LogP contribution is -2.44. The van der Waals surface area contributed by atoms with Crippen LogP contribution in [0.1, 0.15) is 6.92 Å². The van der Waals surface area contributed by atoms with E-state index in [0.29, 0.717) is 10.0 Å². The van der Waals surface area contributed by atoms with Crippen molar-refractivity contribution in [3.63, 3.8) is 0 Å². The number of hydrogen-bond acceptors (Lipinski definition) is 5. The molecule has 1 aliphatic rings. The van der Waals surface area contributed by atoms with Crippen LogP contribution in [0.15, 0.2) is 54.7 Å². The highest BCUT2D eigenvalue weighted by molar-refractivity contribution is 7.96. The minimum atomic E-state index is 0.665. The van der Waals surface area contributed by atoms with Crippen LogP contribution >= 0.6 is 35.1 Å². The second-order valence-corrected chi connectivity index (χ2v) is 8.94. The highest BCUT2D eigenvalue weighted by atomic mass is 35.5. The van der Waals surface area contributed by atoms with Gasteiger partial charge < -0.3 is 4.90 Å². The summed E-state index contributed by atoms with van der Waals surface area (Å²) in [7, 11) is 0. The van der Waals surface area contributed by atoms with E-state index in [1.807, 2.05) is 66.7 Å². The number of rotatable bonds is 5. The minimum Gasteiger partial charge on any atom is -0.353 e. The van der Waals surface area contributed by atoms with Gasteiger partial charge in [-0.1, -0.05) is 72.4 Å². The van der Waals surface area contributed by atoms with Crippen LogP contribution in [0.4, 0.5) is 5.82 Å². The third kappa shape index (κ3) is 4.69. The van der Waals surface area contributed by atoms with E-state index in [9.17, 15) is 0 Å². The Bertz CT molecular complexity index is 973. The smallest absolute Gasteiger partial charge is 0.147 e. The van der Waals surface area contributed by atoms with Crippen molar-refractivity contribution in [3.05, 3.63) is 64.8 Å². The lowest BCUT2D eigenvalue weighted by molar-refractivity contribution is 0.428. The molecule has 4 rings (SSSR count). The highest BCUT2D eigenvalue weighted by Gasteiger charge is 2.21. The van der Waals surface area contributed by atoms with Gasteiger partial charge in [0.05, 0.1) is 16.9 Å². The molecule has 0 amide bonds. The summed E-state index contributed by atoms with van der Waals surface area (Å²) >= 11 is 14.5. The molecule has 1 aliphatic heterocycles. The number of hydrogen-bond donors (Lipinski definition) is 0. The molecule has 1 fully saturated rings. The first kappa shape index (κ1) is 20.5. The second-order valence-electron chi connectivity index (χ2n) is 6.75. The summed E-state index contributed by atoms with van der Waals surface area (Å²) < 4.78 is 2.42. The maximum absolute atomic E-state index is 6.52. The Kier molecular flexibility index (Phi) is 6.60. The molecule has 1 aromatic heterocycles. The molecule has 1 saturated heterocycles. The molecular formula is C22H22Cl2N4S. The fraction of sp³-hybridized carbons (Fsp3) is 0.273. The normalized spacial score (nSPS) is 14.9. The van der Waals surface area contributed by atoms with E-state index in [-0.39, 0.29) is 0 Å². The van der Waals surface area contributed by atoms with E-state index in [4.69, 9.17) is 33.2 Å². The van der Waals surface area contributed by atoms with Crippen LogP contribution in [0.25, 0.3) is 22.5 Å². The van der Waals surface area contributed by atoms with Crippen molar-refractivity contribution in [2.75, 3.05) is 36.8 Å². The van der Waals surface area contributed by atoms with E-state index >= 15 is 0 Å². The molecule has 4 nitrogen and oxygen atoms in total. The molecule has 0 atom stereocenters. The molecule has 0 radical (unpaired) electrons. The summed E-state index contributed by atoms with van der Waals surface area (Å²) in [6.45, 7) is 6.09. The molecule has 0 N–H and O–H groups in total. The molecule has 3 aromatic rings. The Morgan fingerprint density at radius 1 is 0.931 bits per heavy atom. The Balaban J connectivity index is 1.72. The minimum absolute atomic E-state index is 0.665. The first-order chi connectivity index (χ1) is 14.2. The van der Waals surface area contributed by atoms with Crippen molar-refractivity contribution in [1.82, 2.24) is 14.3 Å². The Morgan fingerprint density at radius 2 is 1.66 bits per heavy atom. The average molecular weight is 445 g/mol. The average Bonchev–Trinajstić information content (AvgIpc) is 2.75. The van der Waals surface area contributed by atoms with Crippen LogP contribution in [0.3, 0.4) is 0 Å². The summed E-state index contributed by atoms with van der Waals surface area (Å²) in [4.78, 5) is 12.1. The number of anilines is 1. The van der Waals surface area contributed by atoms with Gasteiger partial charge in [-0.05, 0) is 18.2 Å². The quantitative estimate of drug-likeness (QED) is 0.456. The van der Waals surface area contributed by atoms with Crippen LogP contribution in [0.2, 0.25) is 10.0 Å². The van der Waals surface area contributed by atoms with E-state index < -0.39 is 0 Å². The number of halogens is 2. The summed E-state index contributed by atoms with van der Waals surface area (Å²) in [6, 6.07) is 15.4. The molecule has 0 spiro atoms. The van der Waals surface area contributed by atoms with E-state index in [2.05, 4.69) is 16.1 Å². The predicted molar refractivity (Wildman–Crippen MR) is 125 cm³/mol. The third-order valence-corrected chi connectivity index (χ3v) is 6.45. The van der Waals surface area contributed by atoms with Crippen molar-refractivity contribution < 1.29 is 0 Å². The maximum Gasteiger partial charge on any atom is 0.147 e. The van der Waals surface area contributed by atoms with Crippen LogP contribution < -0.4 is 4.90 Å². The van der Waals surface area contributed by atoms with E-state index in [1.54, 1.807) is 0 Å². The van der Waals surface area contributed by atoms with Gasteiger partial charge >= 0.3 is 0 Å². The molecule has 2 aromatic carbocycles. The van der Waals surface area contributed by atoms with Crippen LogP contribution in [-0.4, -0.2) is 46.2 Å². The zero-order valence-electron chi connectivity index (χ0n) is 16.2. The van der Waals surface area contributed by atoms with Gasteiger partial charge in [0.25, 0.3) is 0 Å². The zero-order chi connectivity index (χ0) is 20.2. The molecule has 0 saturated carbocycles. The van der Waals surface area contributed by atoms with Crippen LogP contribution in [-0.2, 0) is 0 Å². The summed E-state index contributed by atoms with van der Waals surface area (Å²) in [5.41, 5.74) is 3.45. The lowest BCUT2D eigenvalue weighted by atomic mass is 10.0. The van der Waals surface area contributed by atoms with Gasteiger partial charge in [0.1, 0.15) is 11.5 Å². The van der Waals surface area contributed by atoms with Gasteiger partial charge in [-0.2, -0.15) is 0 Å². The van der Waals surface area contributed by atoms with Gasteiger partial charge in [-0.25, -0.2) is 9.29 Å². The molecule has 150 valence electrons. The molecule has 29 heavy (non-hydrogen) atoms. The van der Waals surface area contributed by atoms with Gasteiger partial charge in [0.15, 0.2) is 0 Å². The second kappa shape index (κ2) is 9.35. The van der Waals surface area contributed by atoms with Crippen molar-refractivity contribution in [1.29, 1.82) is 0 Å². The molecule has 2 heterocycles. The molecule has 0 bridgehead atoms. The maximum atomic E-state index is 6.52. The van der Waals surface area contributed by atoms with Crippen LogP contribution in [0.5, 0.6) is 0 Å². The SMILES string of the molecule is CCSN1CCN(c2cnc(-c3ccc(Cl)cc3)c(-c3ccccc3Cl)n2)CC1. The molecular weight excluding hydrogens is 423 g/mol.